The highest BCUT2D eigenvalue weighted by Crippen LogP contribution is 2.13. The van der Waals surface area contributed by atoms with Crippen molar-refractivity contribution in [3.8, 4) is 0 Å². The van der Waals surface area contributed by atoms with Gasteiger partial charge in [0.25, 0.3) is 11.5 Å². The van der Waals surface area contributed by atoms with Gasteiger partial charge in [-0.25, -0.2) is 4.98 Å². The molecular formula is C21H24N5O3+. The largest absolute Gasteiger partial charge is 0.326 e. The molecule has 3 rings (SSSR count). The summed E-state index contributed by atoms with van der Waals surface area (Å²) in [6.07, 6.45) is 0. The maximum atomic E-state index is 12.4. The number of aromatic amines is 1. The first-order chi connectivity index (χ1) is 13.9. The van der Waals surface area contributed by atoms with E-state index in [-0.39, 0.29) is 23.9 Å². The summed E-state index contributed by atoms with van der Waals surface area (Å²) >= 11 is 0. The number of carbonyl (C=O) groups excluding carboxylic acids is 2. The highest BCUT2D eigenvalue weighted by molar-refractivity contribution is 5.92. The molecule has 3 aromatic rings. The van der Waals surface area contributed by atoms with Crippen LogP contribution in [0.2, 0.25) is 0 Å². The Bertz CT molecular complexity index is 1080. The van der Waals surface area contributed by atoms with Gasteiger partial charge in [-0.2, -0.15) is 0 Å². The van der Waals surface area contributed by atoms with E-state index in [1.54, 1.807) is 42.5 Å². The summed E-state index contributed by atoms with van der Waals surface area (Å²) < 4.78 is 0. The molecule has 1 heterocycles. The predicted molar refractivity (Wildman–Crippen MR) is 112 cm³/mol. The molecule has 1 unspecified atom stereocenters. The van der Waals surface area contributed by atoms with Crippen LogP contribution in [0.5, 0.6) is 0 Å². The van der Waals surface area contributed by atoms with Gasteiger partial charge in [-0.1, -0.05) is 12.1 Å². The number of amides is 2. The Balaban J connectivity index is 1.63. The van der Waals surface area contributed by atoms with Crippen LogP contribution < -0.4 is 21.1 Å². The van der Waals surface area contributed by atoms with Crippen LogP contribution in [0.25, 0.3) is 10.9 Å². The van der Waals surface area contributed by atoms with Gasteiger partial charge in [0.15, 0.2) is 12.4 Å². The van der Waals surface area contributed by atoms with Crippen molar-refractivity contribution in [3.05, 3.63) is 64.7 Å². The molecule has 0 fully saturated rings. The fraction of sp³-hybridized carbons (Fsp3) is 0.238. The van der Waals surface area contributed by atoms with E-state index in [1.165, 1.54) is 6.92 Å². The monoisotopic (exact) mass is 394 g/mol. The minimum Gasteiger partial charge on any atom is -0.326 e. The maximum Gasteiger partial charge on any atom is 0.279 e. The number of carbonyl (C=O) groups is 2. The summed E-state index contributed by atoms with van der Waals surface area (Å²) in [6.45, 7) is 4.79. The highest BCUT2D eigenvalue weighted by atomic mass is 16.2. The topological polar surface area (TPSA) is 108 Å². The van der Waals surface area contributed by atoms with Crippen molar-refractivity contribution >= 4 is 34.1 Å². The van der Waals surface area contributed by atoms with Crippen LogP contribution in [0, 0.1) is 0 Å². The lowest BCUT2D eigenvalue weighted by Gasteiger charge is -2.17. The fourth-order valence-corrected chi connectivity index (χ4v) is 3.04. The summed E-state index contributed by atoms with van der Waals surface area (Å²) in [5.41, 5.74) is 1.79. The summed E-state index contributed by atoms with van der Waals surface area (Å²) in [5, 5.41) is 6.08. The summed E-state index contributed by atoms with van der Waals surface area (Å²) in [5.74, 6) is 0.264. The molecule has 0 saturated heterocycles. The van der Waals surface area contributed by atoms with Gasteiger partial charge in [0.1, 0.15) is 6.54 Å². The van der Waals surface area contributed by atoms with E-state index in [9.17, 15) is 14.4 Å². The van der Waals surface area contributed by atoms with Crippen LogP contribution in [0.3, 0.4) is 0 Å². The molecule has 1 atom stereocenters. The van der Waals surface area contributed by atoms with Gasteiger partial charge >= 0.3 is 0 Å². The first kappa shape index (κ1) is 20.2. The van der Waals surface area contributed by atoms with Crippen molar-refractivity contribution in [1.82, 2.24) is 9.97 Å². The van der Waals surface area contributed by atoms with E-state index >= 15 is 0 Å². The van der Waals surface area contributed by atoms with E-state index < -0.39 is 0 Å². The van der Waals surface area contributed by atoms with Crippen molar-refractivity contribution in [2.24, 2.45) is 0 Å². The molecule has 0 radical (unpaired) electrons. The number of para-hydroxylation sites is 1. The van der Waals surface area contributed by atoms with Crippen molar-refractivity contribution in [2.45, 2.75) is 20.4 Å². The molecule has 0 bridgehead atoms. The molecular weight excluding hydrogens is 370 g/mol. The second kappa shape index (κ2) is 9.11. The lowest BCUT2D eigenvalue weighted by molar-refractivity contribution is -0.904. The first-order valence-corrected chi connectivity index (χ1v) is 9.43. The summed E-state index contributed by atoms with van der Waals surface area (Å²) in [6, 6.07) is 14.1. The maximum absolute atomic E-state index is 12.4. The number of likely N-dealkylation sites (N-methyl/N-ethyl adjacent to an activating group) is 1. The average Bonchev–Trinajstić information content (AvgIpc) is 2.68. The number of benzene rings is 2. The summed E-state index contributed by atoms with van der Waals surface area (Å²) in [7, 11) is 0. The van der Waals surface area contributed by atoms with Gasteiger partial charge in [-0.3, -0.25) is 14.4 Å². The molecule has 2 aromatic carbocycles. The number of anilines is 2. The van der Waals surface area contributed by atoms with Crippen molar-refractivity contribution in [2.75, 3.05) is 23.7 Å². The van der Waals surface area contributed by atoms with Crippen LogP contribution in [0.1, 0.15) is 19.7 Å². The number of rotatable bonds is 7. The van der Waals surface area contributed by atoms with E-state index in [1.807, 2.05) is 13.0 Å². The van der Waals surface area contributed by atoms with Crippen molar-refractivity contribution in [3.63, 3.8) is 0 Å². The third-order valence-corrected chi connectivity index (χ3v) is 4.48. The minimum atomic E-state index is -0.176. The molecule has 0 saturated carbocycles. The Labute approximate surface area is 168 Å². The number of hydrogen-bond acceptors (Lipinski definition) is 4. The van der Waals surface area contributed by atoms with Crippen molar-refractivity contribution < 1.29 is 14.5 Å². The van der Waals surface area contributed by atoms with Gasteiger partial charge in [-0.05, 0) is 43.3 Å². The molecule has 1 aromatic heterocycles. The van der Waals surface area contributed by atoms with Crippen LogP contribution in [0.15, 0.2) is 53.3 Å². The fourth-order valence-electron chi connectivity index (χ4n) is 3.04. The Kier molecular flexibility index (Phi) is 6.36. The van der Waals surface area contributed by atoms with Crippen LogP contribution >= 0.6 is 0 Å². The van der Waals surface area contributed by atoms with E-state index in [4.69, 9.17) is 0 Å². The molecule has 4 N–H and O–H groups in total. The molecule has 8 heteroatoms. The molecule has 150 valence electrons. The number of H-pyrrole nitrogens is 1. The second-order valence-electron chi connectivity index (χ2n) is 6.79. The first-order valence-electron chi connectivity index (χ1n) is 9.43. The van der Waals surface area contributed by atoms with Gasteiger partial charge < -0.3 is 20.5 Å². The van der Waals surface area contributed by atoms with Crippen LogP contribution in [-0.2, 0) is 16.1 Å². The van der Waals surface area contributed by atoms with Crippen LogP contribution in [-0.4, -0.2) is 34.9 Å². The number of nitrogens with zero attached hydrogens (tertiary/aromatic N) is 1. The Morgan fingerprint density at radius 2 is 1.69 bits per heavy atom. The lowest BCUT2D eigenvalue weighted by atomic mass is 10.2. The zero-order valence-corrected chi connectivity index (χ0v) is 16.4. The smallest absolute Gasteiger partial charge is 0.279 e. The zero-order valence-electron chi connectivity index (χ0n) is 16.4. The Morgan fingerprint density at radius 1 is 1.03 bits per heavy atom. The number of fused-ring (bicyclic) bond motifs is 1. The molecule has 0 aliphatic carbocycles. The molecule has 0 aliphatic rings. The predicted octanol–water partition coefficient (Wildman–Crippen LogP) is 0.925. The van der Waals surface area contributed by atoms with Crippen molar-refractivity contribution in [1.29, 1.82) is 0 Å². The third-order valence-electron chi connectivity index (χ3n) is 4.48. The quantitative estimate of drug-likeness (QED) is 0.478. The van der Waals surface area contributed by atoms with E-state index in [0.29, 0.717) is 41.2 Å². The molecule has 8 nitrogen and oxygen atoms in total. The number of nitrogens with one attached hydrogen (secondary N) is 4. The minimum absolute atomic E-state index is 0.141. The molecule has 29 heavy (non-hydrogen) atoms. The average molecular weight is 394 g/mol. The number of quaternary nitrogens is 1. The standard InChI is InChI=1S/C21H23N5O3/c1-3-26(12-19-24-18-7-5-4-6-17(18)21(29)25-19)13-20(28)23-16-10-8-15(9-11-16)22-14(2)27/h4-11H,3,12-13H2,1-2H3,(H,22,27)(H,23,28)(H,24,25,29)/p+1. The highest BCUT2D eigenvalue weighted by Gasteiger charge is 2.15. The number of hydrogen-bond donors (Lipinski definition) is 4. The zero-order chi connectivity index (χ0) is 20.8. The van der Waals surface area contributed by atoms with Gasteiger partial charge in [0.05, 0.1) is 17.4 Å². The Morgan fingerprint density at radius 3 is 2.34 bits per heavy atom. The Hall–Kier alpha value is -3.52. The summed E-state index contributed by atoms with van der Waals surface area (Å²) in [4.78, 5) is 44.0. The van der Waals surface area contributed by atoms with E-state index in [2.05, 4.69) is 20.6 Å². The SMILES string of the molecule is CC[NH+](CC(=O)Nc1ccc(NC(C)=O)cc1)Cc1nc2ccccc2c(=O)[nH]1. The van der Waals surface area contributed by atoms with Gasteiger partial charge in [0.2, 0.25) is 5.91 Å². The van der Waals surface area contributed by atoms with Gasteiger partial charge in [0, 0.05) is 18.3 Å². The third kappa shape index (κ3) is 5.49. The number of aromatic nitrogens is 2. The van der Waals surface area contributed by atoms with E-state index in [0.717, 1.165) is 4.90 Å². The van der Waals surface area contributed by atoms with Gasteiger partial charge in [-0.15, -0.1) is 0 Å². The molecule has 2 amide bonds. The van der Waals surface area contributed by atoms with Crippen LogP contribution in [0.4, 0.5) is 11.4 Å². The second-order valence-corrected chi connectivity index (χ2v) is 6.79. The lowest BCUT2D eigenvalue weighted by Crippen LogP contribution is -3.11. The molecule has 0 aliphatic heterocycles. The normalized spacial score (nSPS) is 11.8. The molecule has 0 spiro atoms.